The van der Waals surface area contributed by atoms with Crippen molar-refractivity contribution in [3.05, 3.63) is 35.4 Å². The third kappa shape index (κ3) is 5.74. The van der Waals surface area contributed by atoms with Crippen LogP contribution in [0, 0.1) is 11.3 Å². The van der Waals surface area contributed by atoms with E-state index in [0.29, 0.717) is 12.1 Å². The first-order chi connectivity index (χ1) is 10.1. The lowest BCUT2D eigenvalue weighted by Crippen LogP contribution is -2.38. The average molecular weight is 289 g/mol. The molecule has 2 N–H and O–H groups in total. The largest absolute Gasteiger partial charge is 0.452 e. The number of likely N-dealkylation sites (N-methyl/N-ethyl adjacent to an activating group) is 1. The van der Waals surface area contributed by atoms with E-state index < -0.39 is 18.5 Å². The summed E-state index contributed by atoms with van der Waals surface area (Å²) in [4.78, 5) is 34.1. The monoisotopic (exact) mass is 289 g/mol. The molecule has 0 aliphatic heterocycles. The topological polar surface area (TPSA) is 108 Å². The van der Waals surface area contributed by atoms with E-state index in [1.54, 1.807) is 6.92 Å². The highest BCUT2D eigenvalue weighted by atomic mass is 16.5. The molecule has 2 amide bonds. The second-order valence-electron chi connectivity index (χ2n) is 4.00. The van der Waals surface area contributed by atoms with Gasteiger partial charge in [-0.15, -0.1) is 0 Å². The van der Waals surface area contributed by atoms with E-state index in [-0.39, 0.29) is 18.0 Å². The van der Waals surface area contributed by atoms with E-state index in [0.717, 1.165) is 0 Å². The highest BCUT2D eigenvalue weighted by Gasteiger charge is 2.10. The summed E-state index contributed by atoms with van der Waals surface area (Å²) in [6.07, 6.45) is 0. The van der Waals surface area contributed by atoms with Crippen molar-refractivity contribution in [1.82, 2.24) is 10.6 Å². The molecule has 0 aliphatic rings. The predicted octanol–water partition coefficient (Wildman–Crippen LogP) is -0.0326. The molecule has 0 saturated carbocycles. The third-order valence-electron chi connectivity index (χ3n) is 2.40. The summed E-state index contributed by atoms with van der Waals surface area (Å²) in [5.41, 5.74) is 0.664. The molecule has 110 valence electrons. The Morgan fingerprint density at radius 3 is 2.38 bits per heavy atom. The molecule has 0 atom stereocenters. The van der Waals surface area contributed by atoms with Crippen molar-refractivity contribution in [2.24, 2.45) is 0 Å². The van der Waals surface area contributed by atoms with Crippen LogP contribution in [0.2, 0.25) is 0 Å². The van der Waals surface area contributed by atoms with Gasteiger partial charge in [0.05, 0.1) is 23.7 Å². The van der Waals surface area contributed by atoms with Crippen molar-refractivity contribution in [2.45, 2.75) is 6.92 Å². The van der Waals surface area contributed by atoms with Gasteiger partial charge in [0.25, 0.3) is 5.91 Å². The van der Waals surface area contributed by atoms with Gasteiger partial charge in [0, 0.05) is 6.54 Å². The zero-order valence-electron chi connectivity index (χ0n) is 11.5. The number of carbonyl (C=O) groups is 3. The first kappa shape index (κ1) is 16.2. The van der Waals surface area contributed by atoms with Crippen LogP contribution >= 0.6 is 0 Å². The Morgan fingerprint density at radius 1 is 1.14 bits per heavy atom. The Bertz CT molecular complexity index is 561. The number of ether oxygens (including phenoxy) is 1. The average Bonchev–Trinajstić information content (AvgIpc) is 2.51. The molecule has 0 heterocycles. The molecule has 1 aromatic carbocycles. The van der Waals surface area contributed by atoms with Crippen LogP contribution in [0.1, 0.15) is 22.8 Å². The standard InChI is InChI=1S/C14H15N3O4/c1-2-16-12(18)8-17-13(19)9-21-14(20)11-5-3-10(7-15)4-6-11/h3-6H,2,8-9H2,1H3,(H,16,18)(H,17,19). The molecule has 0 unspecified atom stereocenters. The fourth-order valence-corrected chi connectivity index (χ4v) is 1.38. The highest BCUT2D eigenvalue weighted by Crippen LogP contribution is 2.04. The first-order valence-electron chi connectivity index (χ1n) is 6.27. The van der Waals surface area contributed by atoms with Gasteiger partial charge in [-0.25, -0.2) is 4.79 Å². The Kier molecular flexibility index (Phi) is 6.41. The number of esters is 1. The molecule has 0 fully saturated rings. The van der Waals surface area contributed by atoms with Crippen LogP contribution in [0.25, 0.3) is 0 Å². The molecule has 0 saturated heterocycles. The maximum atomic E-state index is 11.6. The lowest BCUT2D eigenvalue weighted by Gasteiger charge is -2.06. The zero-order valence-corrected chi connectivity index (χ0v) is 11.5. The van der Waals surface area contributed by atoms with Gasteiger partial charge in [-0.2, -0.15) is 5.26 Å². The molecule has 1 aromatic rings. The molecule has 7 heteroatoms. The molecule has 0 aromatic heterocycles. The van der Waals surface area contributed by atoms with Crippen molar-refractivity contribution in [1.29, 1.82) is 5.26 Å². The fourth-order valence-electron chi connectivity index (χ4n) is 1.38. The number of nitrogens with one attached hydrogen (secondary N) is 2. The summed E-state index contributed by atoms with van der Waals surface area (Å²) in [6, 6.07) is 7.76. The van der Waals surface area contributed by atoms with Gasteiger partial charge in [-0.05, 0) is 31.2 Å². The predicted molar refractivity (Wildman–Crippen MR) is 73.1 cm³/mol. The Hall–Kier alpha value is -2.88. The van der Waals surface area contributed by atoms with Gasteiger partial charge in [0.2, 0.25) is 5.91 Å². The summed E-state index contributed by atoms with van der Waals surface area (Å²) >= 11 is 0. The number of hydrogen-bond donors (Lipinski definition) is 2. The molecule has 0 spiro atoms. The minimum Gasteiger partial charge on any atom is -0.452 e. The highest BCUT2D eigenvalue weighted by molar-refractivity contribution is 5.92. The van der Waals surface area contributed by atoms with Crippen molar-refractivity contribution in [2.75, 3.05) is 19.7 Å². The van der Waals surface area contributed by atoms with E-state index in [4.69, 9.17) is 10.00 Å². The second-order valence-corrected chi connectivity index (χ2v) is 4.00. The van der Waals surface area contributed by atoms with Crippen LogP contribution in [0.15, 0.2) is 24.3 Å². The normalized spacial score (nSPS) is 9.33. The molecule has 0 aliphatic carbocycles. The van der Waals surface area contributed by atoms with Crippen molar-refractivity contribution < 1.29 is 19.1 Å². The molecule has 1 rings (SSSR count). The minimum absolute atomic E-state index is 0.166. The van der Waals surface area contributed by atoms with Crippen LogP contribution in [0.4, 0.5) is 0 Å². The molecule has 7 nitrogen and oxygen atoms in total. The lowest BCUT2D eigenvalue weighted by atomic mass is 10.1. The second kappa shape index (κ2) is 8.32. The van der Waals surface area contributed by atoms with Crippen LogP contribution in [-0.2, 0) is 14.3 Å². The lowest BCUT2D eigenvalue weighted by molar-refractivity contribution is -0.127. The molecular formula is C14H15N3O4. The summed E-state index contributed by atoms with van der Waals surface area (Å²) in [7, 11) is 0. The van der Waals surface area contributed by atoms with Gasteiger partial charge in [-0.3, -0.25) is 9.59 Å². The zero-order chi connectivity index (χ0) is 15.7. The Morgan fingerprint density at radius 2 is 1.81 bits per heavy atom. The van der Waals surface area contributed by atoms with Crippen LogP contribution in [0.5, 0.6) is 0 Å². The van der Waals surface area contributed by atoms with Gasteiger partial charge >= 0.3 is 5.97 Å². The summed E-state index contributed by atoms with van der Waals surface area (Å²) < 4.78 is 4.79. The number of amides is 2. The van der Waals surface area contributed by atoms with Gasteiger partial charge in [0.15, 0.2) is 6.61 Å². The smallest absolute Gasteiger partial charge is 0.338 e. The van der Waals surface area contributed by atoms with Crippen molar-refractivity contribution >= 4 is 17.8 Å². The van der Waals surface area contributed by atoms with Gasteiger partial charge in [-0.1, -0.05) is 0 Å². The van der Waals surface area contributed by atoms with E-state index in [2.05, 4.69) is 10.6 Å². The molecular weight excluding hydrogens is 274 g/mol. The fraction of sp³-hybridized carbons (Fsp3) is 0.286. The van der Waals surface area contributed by atoms with E-state index in [1.807, 2.05) is 6.07 Å². The van der Waals surface area contributed by atoms with E-state index in [9.17, 15) is 14.4 Å². The van der Waals surface area contributed by atoms with Crippen LogP contribution < -0.4 is 10.6 Å². The number of rotatable bonds is 6. The van der Waals surface area contributed by atoms with Crippen molar-refractivity contribution in [3.63, 3.8) is 0 Å². The van der Waals surface area contributed by atoms with Gasteiger partial charge in [0.1, 0.15) is 0 Å². The number of hydrogen-bond acceptors (Lipinski definition) is 5. The Balaban J connectivity index is 2.36. The molecule has 21 heavy (non-hydrogen) atoms. The number of nitrogens with zero attached hydrogens (tertiary/aromatic N) is 1. The third-order valence-corrected chi connectivity index (χ3v) is 2.40. The van der Waals surface area contributed by atoms with Crippen molar-refractivity contribution in [3.8, 4) is 6.07 Å². The minimum atomic E-state index is -0.673. The van der Waals surface area contributed by atoms with Gasteiger partial charge < -0.3 is 15.4 Å². The summed E-state index contributed by atoms with van der Waals surface area (Å²) in [6.45, 7) is 1.60. The maximum Gasteiger partial charge on any atom is 0.338 e. The first-order valence-corrected chi connectivity index (χ1v) is 6.27. The quantitative estimate of drug-likeness (QED) is 0.715. The number of nitriles is 1. The maximum absolute atomic E-state index is 11.6. The van der Waals surface area contributed by atoms with E-state index >= 15 is 0 Å². The molecule has 0 bridgehead atoms. The van der Waals surface area contributed by atoms with Crippen LogP contribution in [0.3, 0.4) is 0 Å². The number of benzene rings is 1. The summed E-state index contributed by atoms with van der Waals surface area (Å²) in [5.74, 6) is -1.56. The van der Waals surface area contributed by atoms with E-state index in [1.165, 1.54) is 24.3 Å². The van der Waals surface area contributed by atoms with Crippen LogP contribution in [-0.4, -0.2) is 37.5 Å². The Labute approximate surface area is 121 Å². The SMILES string of the molecule is CCNC(=O)CNC(=O)COC(=O)c1ccc(C#N)cc1. The summed E-state index contributed by atoms with van der Waals surface area (Å²) in [5, 5.41) is 13.5. The number of carbonyl (C=O) groups excluding carboxylic acids is 3. The molecule has 0 radical (unpaired) electrons.